The molecule has 1 saturated heterocycles. The maximum atomic E-state index is 6.52. The van der Waals surface area contributed by atoms with Gasteiger partial charge in [0.05, 0.1) is 16.2 Å². The third kappa shape index (κ3) is 3.45. The number of fused-ring (bicyclic) bond motifs is 1. The van der Waals surface area contributed by atoms with Crippen molar-refractivity contribution in [1.29, 1.82) is 0 Å². The maximum Gasteiger partial charge on any atom is 0.0740 e. The fraction of sp³-hybridized carbons (Fsp3) is 0.227. The van der Waals surface area contributed by atoms with Crippen LogP contribution in [0.4, 0.5) is 0 Å². The topological polar surface area (TPSA) is 50.3 Å². The van der Waals surface area contributed by atoms with Gasteiger partial charge in [0.25, 0.3) is 0 Å². The highest BCUT2D eigenvalue weighted by atomic mass is 35.5. The first-order chi connectivity index (χ1) is 13.4. The number of nitrogens with zero attached hydrogens (tertiary/aromatic N) is 4. The zero-order valence-electron chi connectivity index (χ0n) is 16.0. The van der Waals surface area contributed by atoms with Crippen molar-refractivity contribution in [2.45, 2.75) is 6.92 Å². The predicted octanol–water partition coefficient (Wildman–Crippen LogP) is 4.19. The molecule has 3 aromatic rings. The van der Waals surface area contributed by atoms with Gasteiger partial charge in [-0.15, -0.1) is 0 Å². The molecule has 1 aliphatic rings. The van der Waals surface area contributed by atoms with Gasteiger partial charge in [-0.05, 0) is 30.7 Å². The van der Waals surface area contributed by atoms with E-state index in [1.165, 1.54) is 4.68 Å². The number of piperazine rings is 1. The fourth-order valence-electron chi connectivity index (χ4n) is 3.62. The Morgan fingerprint density at radius 3 is 2.43 bits per heavy atom. The van der Waals surface area contributed by atoms with Crippen molar-refractivity contribution >= 4 is 28.2 Å². The minimum atomic E-state index is 0.678. The smallest absolute Gasteiger partial charge is 0.0740 e. The van der Waals surface area contributed by atoms with Crippen molar-refractivity contribution in [1.82, 2.24) is 19.5 Å². The highest BCUT2D eigenvalue weighted by Crippen LogP contribution is 2.30. The van der Waals surface area contributed by atoms with Crippen molar-refractivity contribution in [3.8, 4) is 11.3 Å². The van der Waals surface area contributed by atoms with Gasteiger partial charge in [-0.2, -0.15) is 0 Å². The summed E-state index contributed by atoms with van der Waals surface area (Å²) in [6, 6.07) is 9.96. The molecule has 2 aromatic heterocycles. The SMILES string of the molecule is C=C(C)N1CCN(C(=C)c2ccc3c(Cl)cc(-c4ccn(N)c4)nc3c2)CC1. The number of nitrogens with two attached hydrogens (primary N) is 1. The summed E-state index contributed by atoms with van der Waals surface area (Å²) in [5, 5.41) is 1.61. The Labute approximate surface area is 170 Å². The standard InChI is InChI=1S/C22H24ClN5/c1-15(2)26-8-10-27(11-9-26)16(3)17-4-5-19-20(23)13-21(25-22(19)12-17)18-6-7-28(24)14-18/h4-7,12-14H,1,3,8-11,24H2,2H3. The molecule has 0 unspecified atom stereocenters. The molecule has 2 N–H and O–H groups in total. The molecule has 6 heteroatoms. The molecule has 1 fully saturated rings. The molecule has 1 aromatic carbocycles. The molecule has 0 atom stereocenters. The third-order valence-corrected chi connectivity index (χ3v) is 5.62. The largest absolute Gasteiger partial charge is 0.372 e. The summed E-state index contributed by atoms with van der Waals surface area (Å²) in [4.78, 5) is 9.44. The second-order valence-corrected chi connectivity index (χ2v) is 7.63. The second-order valence-electron chi connectivity index (χ2n) is 7.22. The van der Waals surface area contributed by atoms with Crippen LogP contribution in [0, 0.1) is 0 Å². The van der Waals surface area contributed by atoms with Crippen LogP contribution in [0.15, 0.2) is 61.6 Å². The van der Waals surface area contributed by atoms with Crippen molar-refractivity contribution in [3.63, 3.8) is 0 Å². The second kappa shape index (κ2) is 7.24. The first-order valence-electron chi connectivity index (χ1n) is 9.31. The molecule has 28 heavy (non-hydrogen) atoms. The monoisotopic (exact) mass is 393 g/mol. The molecule has 4 rings (SSSR count). The number of hydrogen-bond acceptors (Lipinski definition) is 4. The molecule has 0 radical (unpaired) electrons. The van der Waals surface area contributed by atoms with Crippen molar-refractivity contribution in [2.75, 3.05) is 32.0 Å². The van der Waals surface area contributed by atoms with Gasteiger partial charge < -0.3 is 15.6 Å². The van der Waals surface area contributed by atoms with Gasteiger partial charge in [-0.25, -0.2) is 4.98 Å². The Morgan fingerprint density at radius 2 is 1.79 bits per heavy atom. The van der Waals surface area contributed by atoms with E-state index in [9.17, 15) is 0 Å². The van der Waals surface area contributed by atoms with Crippen LogP contribution >= 0.6 is 11.6 Å². The normalized spacial score (nSPS) is 14.5. The van der Waals surface area contributed by atoms with E-state index in [0.717, 1.165) is 65.3 Å². The van der Waals surface area contributed by atoms with Gasteiger partial charge in [0.15, 0.2) is 0 Å². The van der Waals surface area contributed by atoms with Gasteiger partial charge in [-0.1, -0.05) is 36.9 Å². The van der Waals surface area contributed by atoms with Crippen LogP contribution < -0.4 is 5.84 Å². The lowest BCUT2D eigenvalue weighted by atomic mass is 10.1. The average Bonchev–Trinajstić information content (AvgIpc) is 3.13. The van der Waals surface area contributed by atoms with Crippen LogP contribution in [0.5, 0.6) is 0 Å². The predicted molar refractivity (Wildman–Crippen MR) is 117 cm³/mol. The highest BCUT2D eigenvalue weighted by Gasteiger charge is 2.19. The Balaban J connectivity index is 1.63. The van der Waals surface area contributed by atoms with Crippen LogP contribution in [0.1, 0.15) is 12.5 Å². The lowest BCUT2D eigenvalue weighted by molar-refractivity contribution is 0.215. The molecule has 1 aliphatic heterocycles. The number of benzene rings is 1. The summed E-state index contributed by atoms with van der Waals surface area (Å²) in [6.07, 6.45) is 3.62. The zero-order chi connectivity index (χ0) is 19.8. The molecule has 144 valence electrons. The lowest BCUT2D eigenvalue weighted by Gasteiger charge is -2.38. The first-order valence-corrected chi connectivity index (χ1v) is 9.68. The van der Waals surface area contributed by atoms with E-state index in [1.54, 1.807) is 6.20 Å². The van der Waals surface area contributed by atoms with E-state index in [1.807, 2.05) is 24.4 Å². The van der Waals surface area contributed by atoms with Crippen LogP contribution in [-0.4, -0.2) is 45.6 Å². The molecular formula is C22H24ClN5. The molecule has 0 saturated carbocycles. The molecule has 0 amide bonds. The zero-order valence-corrected chi connectivity index (χ0v) is 16.8. The number of nitrogen functional groups attached to an aromatic ring is 1. The molecule has 3 heterocycles. The van der Waals surface area contributed by atoms with Crippen LogP contribution in [0.3, 0.4) is 0 Å². The van der Waals surface area contributed by atoms with Crippen molar-refractivity contribution < 1.29 is 0 Å². The Bertz CT molecular complexity index is 1060. The van der Waals surface area contributed by atoms with E-state index in [0.29, 0.717) is 5.02 Å². The molecule has 0 aliphatic carbocycles. The number of halogens is 1. The number of aromatic nitrogens is 2. The minimum Gasteiger partial charge on any atom is -0.372 e. The van der Waals surface area contributed by atoms with E-state index in [4.69, 9.17) is 22.4 Å². The Hall–Kier alpha value is -2.92. The molecule has 0 bridgehead atoms. The highest BCUT2D eigenvalue weighted by molar-refractivity contribution is 6.35. The van der Waals surface area contributed by atoms with Crippen LogP contribution in [-0.2, 0) is 0 Å². The van der Waals surface area contributed by atoms with E-state index >= 15 is 0 Å². The summed E-state index contributed by atoms with van der Waals surface area (Å²) in [5.74, 6) is 5.77. The van der Waals surface area contributed by atoms with Gasteiger partial charge in [0, 0.05) is 60.9 Å². The summed E-state index contributed by atoms with van der Waals surface area (Å²) >= 11 is 6.52. The van der Waals surface area contributed by atoms with E-state index in [2.05, 4.69) is 42.0 Å². The van der Waals surface area contributed by atoms with Gasteiger partial charge in [-0.3, -0.25) is 4.68 Å². The summed E-state index contributed by atoms with van der Waals surface area (Å²) in [5.41, 5.74) is 5.79. The fourth-order valence-corrected chi connectivity index (χ4v) is 3.88. The number of allylic oxidation sites excluding steroid dienone is 1. The van der Waals surface area contributed by atoms with Gasteiger partial charge in [0.1, 0.15) is 0 Å². The van der Waals surface area contributed by atoms with E-state index < -0.39 is 0 Å². The Kier molecular flexibility index (Phi) is 4.77. The molecule has 5 nitrogen and oxygen atoms in total. The van der Waals surface area contributed by atoms with Crippen molar-refractivity contribution in [3.05, 3.63) is 72.2 Å². The van der Waals surface area contributed by atoms with E-state index in [-0.39, 0.29) is 0 Å². The molecular weight excluding hydrogens is 370 g/mol. The van der Waals surface area contributed by atoms with Gasteiger partial charge in [0.2, 0.25) is 0 Å². The number of pyridine rings is 1. The number of rotatable bonds is 4. The summed E-state index contributed by atoms with van der Waals surface area (Å²) in [7, 11) is 0. The van der Waals surface area contributed by atoms with Crippen LogP contribution in [0.2, 0.25) is 5.02 Å². The maximum absolute atomic E-state index is 6.52. The van der Waals surface area contributed by atoms with Crippen LogP contribution in [0.25, 0.3) is 27.9 Å². The quantitative estimate of drug-likeness (QED) is 0.675. The minimum absolute atomic E-state index is 0.678. The third-order valence-electron chi connectivity index (χ3n) is 5.30. The Morgan fingerprint density at radius 1 is 1.07 bits per heavy atom. The average molecular weight is 394 g/mol. The first kappa shape index (κ1) is 18.4. The summed E-state index contributed by atoms with van der Waals surface area (Å²) in [6.45, 7) is 14.2. The number of hydrogen-bond donors (Lipinski definition) is 1. The van der Waals surface area contributed by atoms with Gasteiger partial charge >= 0.3 is 0 Å². The summed E-state index contributed by atoms with van der Waals surface area (Å²) < 4.78 is 1.51. The van der Waals surface area contributed by atoms with Crippen molar-refractivity contribution in [2.24, 2.45) is 0 Å². The molecule has 0 spiro atoms. The lowest BCUT2D eigenvalue weighted by Crippen LogP contribution is -2.44.